The minimum absolute atomic E-state index is 0.0623. The van der Waals surface area contributed by atoms with E-state index in [-0.39, 0.29) is 17.1 Å². The van der Waals surface area contributed by atoms with Crippen molar-refractivity contribution in [2.75, 3.05) is 0 Å². The number of piperidine rings is 1. The number of rotatable bonds is 12. The zero-order valence-electron chi connectivity index (χ0n) is 26.4. The van der Waals surface area contributed by atoms with E-state index in [0.717, 1.165) is 63.4 Å². The summed E-state index contributed by atoms with van der Waals surface area (Å²) in [5.74, 6) is 0.00948. The van der Waals surface area contributed by atoms with E-state index >= 15 is 4.39 Å². The van der Waals surface area contributed by atoms with Crippen molar-refractivity contribution in [2.24, 2.45) is 5.73 Å². The average molecular weight is 634 g/mol. The third-order valence-corrected chi connectivity index (χ3v) is 8.97. The van der Waals surface area contributed by atoms with Crippen molar-refractivity contribution in [2.45, 2.75) is 103 Å². The lowest BCUT2D eigenvalue weighted by Crippen LogP contribution is -2.43. The van der Waals surface area contributed by atoms with E-state index in [1.807, 2.05) is 19.1 Å². The summed E-state index contributed by atoms with van der Waals surface area (Å²) >= 11 is 6.27. The van der Waals surface area contributed by atoms with Crippen molar-refractivity contribution in [3.8, 4) is 16.9 Å². The molecule has 1 aliphatic heterocycles. The Balaban J connectivity index is 1.33. The Bertz CT molecular complexity index is 1680. The van der Waals surface area contributed by atoms with Crippen LogP contribution in [0.3, 0.4) is 0 Å². The lowest BCUT2D eigenvalue weighted by atomic mass is 9.89. The fraction of sp³-hybridized carbons (Fsp3) is 0.457. The van der Waals surface area contributed by atoms with Gasteiger partial charge in [0.25, 0.3) is 0 Å². The molecule has 2 aromatic carbocycles. The number of halogens is 2. The molecule has 5 rings (SSSR count). The number of aromatic nitrogens is 3. The lowest BCUT2D eigenvalue weighted by molar-refractivity contribution is 0.289. The molecule has 0 spiro atoms. The summed E-state index contributed by atoms with van der Waals surface area (Å²) in [7, 11) is 0. The summed E-state index contributed by atoms with van der Waals surface area (Å²) in [5.41, 5.74) is 9.56. The second kappa shape index (κ2) is 14.7. The third kappa shape index (κ3) is 8.20. The van der Waals surface area contributed by atoms with Crippen molar-refractivity contribution in [1.29, 1.82) is 5.41 Å². The Morgan fingerprint density at radius 3 is 2.71 bits per heavy atom. The van der Waals surface area contributed by atoms with E-state index in [1.54, 1.807) is 31.3 Å². The molecule has 45 heavy (non-hydrogen) atoms. The molecule has 2 aromatic heterocycles. The number of nitrogens with one attached hydrogen (secondary N) is 4. The van der Waals surface area contributed by atoms with Crippen LogP contribution in [-0.4, -0.2) is 38.5 Å². The summed E-state index contributed by atoms with van der Waals surface area (Å²) in [6.07, 6.45) is 10.7. The summed E-state index contributed by atoms with van der Waals surface area (Å²) in [5, 5.41) is 15.8. The van der Waals surface area contributed by atoms with Crippen LogP contribution in [0.15, 0.2) is 53.5 Å². The second-order valence-electron chi connectivity index (χ2n) is 12.6. The van der Waals surface area contributed by atoms with Crippen molar-refractivity contribution in [3.63, 3.8) is 0 Å². The number of H-pyrrole nitrogens is 1. The molecule has 4 aromatic rings. The Morgan fingerprint density at radius 2 is 2.00 bits per heavy atom. The number of benzene rings is 2. The Morgan fingerprint density at radius 1 is 1.22 bits per heavy atom. The number of hydrogen-bond acceptors (Lipinski definition) is 5. The molecule has 0 unspecified atom stereocenters. The van der Waals surface area contributed by atoms with E-state index in [1.165, 1.54) is 10.1 Å². The number of amidine groups is 1. The monoisotopic (exact) mass is 633 g/mol. The van der Waals surface area contributed by atoms with Crippen LogP contribution < -0.4 is 22.1 Å². The molecule has 6 N–H and O–H groups in total. The second-order valence-corrected chi connectivity index (χ2v) is 13.0. The van der Waals surface area contributed by atoms with Crippen LogP contribution in [0, 0.1) is 11.2 Å². The van der Waals surface area contributed by atoms with E-state index in [4.69, 9.17) is 22.7 Å². The van der Waals surface area contributed by atoms with Gasteiger partial charge in [-0.05, 0) is 100 Å². The number of fused-ring (bicyclic) bond motifs is 1. The molecule has 4 atom stereocenters. The van der Waals surface area contributed by atoms with Crippen LogP contribution in [0.1, 0.15) is 89.3 Å². The summed E-state index contributed by atoms with van der Waals surface area (Å²) in [6, 6.07) is 14.4. The highest BCUT2D eigenvalue weighted by atomic mass is 35.5. The maximum atomic E-state index is 15.2. The molecule has 10 heteroatoms. The highest BCUT2D eigenvalue weighted by Crippen LogP contribution is 2.32. The Hall–Kier alpha value is -3.53. The van der Waals surface area contributed by atoms with Gasteiger partial charge in [0.1, 0.15) is 5.65 Å². The van der Waals surface area contributed by atoms with E-state index in [2.05, 4.69) is 39.7 Å². The van der Waals surface area contributed by atoms with E-state index < -0.39 is 11.5 Å². The van der Waals surface area contributed by atoms with Gasteiger partial charge in [0.15, 0.2) is 5.82 Å². The molecule has 3 heterocycles. The molecule has 8 nitrogen and oxygen atoms in total. The zero-order chi connectivity index (χ0) is 32.1. The van der Waals surface area contributed by atoms with Crippen LogP contribution in [0.5, 0.6) is 0 Å². The van der Waals surface area contributed by atoms with Crippen LogP contribution in [0.25, 0.3) is 28.0 Å². The predicted octanol–water partition coefficient (Wildman–Crippen LogP) is 7.17. The summed E-state index contributed by atoms with van der Waals surface area (Å²) < 4.78 is 16.7. The standard InChI is InChI=1S/C35H45ClFN7O/c1-4-7-26(40-22(3)39)19-27-10-6-11-31(41-27)24-12-14-28(15-13-24)44-20-25-18-32(42-34(25)43-35(44)45)29-16-23(9-5-8-21(2)38)17-30(36)33(29)37/h12-18,20-21,26-27,31,41H,4-11,19,38H2,1-3H3,(H2,39,40)(H,42,43,45)/t21-,26+,27-,31-/m0/s1. The minimum Gasteiger partial charge on any atom is -0.371 e. The maximum Gasteiger partial charge on any atom is 0.354 e. The maximum absolute atomic E-state index is 15.2. The first-order valence-electron chi connectivity index (χ1n) is 16.2. The van der Waals surface area contributed by atoms with Gasteiger partial charge in [-0.3, -0.25) is 9.98 Å². The van der Waals surface area contributed by atoms with Crippen LogP contribution in [0.2, 0.25) is 5.02 Å². The Kier molecular flexibility index (Phi) is 10.7. The number of aromatic amines is 1. The topological polar surface area (TPSA) is 125 Å². The fourth-order valence-electron chi connectivity index (χ4n) is 6.52. The fourth-order valence-corrected chi connectivity index (χ4v) is 6.76. The zero-order valence-corrected chi connectivity index (χ0v) is 27.2. The van der Waals surface area contributed by atoms with Gasteiger partial charge in [0, 0.05) is 41.3 Å². The third-order valence-electron chi connectivity index (χ3n) is 8.69. The molecule has 1 saturated heterocycles. The Labute approximate surface area is 269 Å². The lowest BCUT2D eigenvalue weighted by Gasteiger charge is -2.34. The molecule has 240 valence electrons. The van der Waals surface area contributed by atoms with Crippen LogP contribution >= 0.6 is 11.6 Å². The van der Waals surface area contributed by atoms with Gasteiger partial charge in [0.05, 0.1) is 22.2 Å². The van der Waals surface area contributed by atoms with Crippen molar-refractivity contribution < 1.29 is 4.39 Å². The highest BCUT2D eigenvalue weighted by molar-refractivity contribution is 6.31. The first-order valence-corrected chi connectivity index (χ1v) is 16.5. The highest BCUT2D eigenvalue weighted by Gasteiger charge is 2.25. The minimum atomic E-state index is -0.509. The van der Waals surface area contributed by atoms with Gasteiger partial charge in [-0.25, -0.2) is 9.18 Å². The number of nitrogens with two attached hydrogens (primary N) is 1. The van der Waals surface area contributed by atoms with E-state index in [0.29, 0.717) is 45.9 Å². The van der Waals surface area contributed by atoms with Crippen LogP contribution in [-0.2, 0) is 6.42 Å². The van der Waals surface area contributed by atoms with Gasteiger partial charge in [-0.15, -0.1) is 0 Å². The number of aryl methyl sites for hydroxylation is 1. The molecule has 0 saturated carbocycles. The molecule has 0 amide bonds. The quantitative estimate of drug-likeness (QED) is 0.0835. The van der Waals surface area contributed by atoms with Gasteiger partial charge in [0.2, 0.25) is 0 Å². The number of hydrogen-bond donors (Lipinski definition) is 5. The molecule has 1 fully saturated rings. The summed E-state index contributed by atoms with van der Waals surface area (Å²) in [6.45, 7) is 5.95. The molecule has 1 aliphatic rings. The number of nitrogens with zero attached hydrogens (tertiary/aromatic N) is 2. The first kappa shape index (κ1) is 32.9. The molecule has 0 radical (unpaired) electrons. The molecule has 0 bridgehead atoms. The van der Waals surface area contributed by atoms with Crippen molar-refractivity contribution >= 4 is 28.5 Å². The van der Waals surface area contributed by atoms with Crippen molar-refractivity contribution in [3.05, 3.63) is 81.1 Å². The smallest absolute Gasteiger partial charge is 0.354 e. The summed E-state index contributed by atoms with van der Waals surface area (Å²) in [4.78, 5) is 20.5. The van der Waals surface area contributed by atoms with Crippen LogP contribution in [0.4, 0.5) is 4.39 Å². The molecular formula is C35H45ClFN7O. The molecule has 0 aliphatic carbocycles. The van der Waals surface area contributed by atoms with Crippen molar-refractivity contribution in [1.82, 2.24) is 25.2 Å². The molecular weight excluding hydrogens is 589 g/mol. The average Bonchev–Trinajstić information content (AvgIpc) is 3.41. The van der Waals surface area contributed by atoms with Gasteiger partial charge in [-0.2, -0.15) is 4.98 Å². The van der Waals surface area contributed by atoms with Gasteiger partial charge < -0.3 is 21.4 Å². The first-order chi connectivity index (χ1) is 21.6. The normalized spacial score (nSPS) is 18.2. The van der Waals surface area contributed by atoms with Gasteiger partial charge >= 0.3 is 5.69 Å². The van der Waals surface area contributed by atoms with E-state index in [9.17, 15) is 4.79 Å². The largest absolute Gasteiger partial charge is 0.371 e. The van der Waals surface area contributed by atoms with Gasteiger partial charge in [-0.1, -0.05) is 43.5 Å². The SMILES string of the molecule is CCC[C@H](C[C@@H]1CCC[C@@H](c2ccc(-n3cc4cc(-c5cc(CCC[C@H](C)N)cc(Cl)c5F)[nH]c4nc3=O)cc2)N1)NC(C)=N. The predicted molar refractivity (Wildman–Crippen MR) is 182 cm³/mol.